The maximum atomic E-state index is 12.0. The van der Waals surface area contributed by atoms with Gasteiger partial charge in [-0.1, -0.05) is 31.5 Å². The fourth-order valence-electron chi connectivity index (χ4n) is 4.39. The number of aliphatic imine (C=N–C) groups is 1. The summed E-state index contributed by atoms with van der Waals surface area (Å²) in [4.78, 5) is 37.7. The number of rotatable bonds is 4. The van der Waals surface area contributed by atoms with Crippen LogP contribution in [0.15, 0.2) is 75.3 Å². The van der Waals surface area contributed by atoms with Gasteiger partial charge in [-0.25, -0.2) is 14.6 Å². The molecule has 0 amide bonds. The monoisotopic (exact) mass is 559 g/mol. The third kappa shape index (κ3) is 5.15. The van der Waals surface area contributed by atoms with Crippen molar-refractivity contribution in [2.75, 3.05) is 13.3 Å². The van der Waals surface area contributed by atoms with E-state index >= 15 is 0 Å². The third-order valence-electron chi connectivity index (χ3n) is 6.47. The molecule has 3 aliphatic heterocycles. The molecule has 1 N–H and O–H groups in total. The largest absolute Gasteiger partial charge is 0.478 e. The van der Waals surface area contributed by atoms with Crippen molar-refractivity contribution in [3.63, 3.8) is 0 Å². The number of aromatic carboxylic acids is 1. The minimum atomic E-state index is -0.966. The molecule has 0 spiro atoms. The highest BCUT2D eigenvalue weighted by Crippen LogP contribution is 2.28. The molecule has 40 heavy (non-hydrogen) atoms. The second-order valence-electron chi connectivity index (χ2n) is 9.31. The number of fused-ring (bicyclic) bond motifs is 5. The van der Waals surface area contributed by atoms with Crippen molar-refractivity contribution in [3.05, 3.63) is 93.8 Å². The molecule has 2 aromatic carbocycles. The van der Waals surface area contributed by atoms with E-state index in [-0.39, 0.29) is 5.56 Å². The first kappa shape index (κ1) is 26.9. The van der Waals surface area contributed by atoms with Gasteiger partial charge in [-0.2, -0.15) is 5.11 Å². The van der Waals surface area contributed by atoms with Crippen molar-refractivity contribution < 1.29 is 19.4 Å². The highest BCUT2D eigenvalue weighted by atomic mass is 35.5. The summed E-state index contributed by atoms with van der Waals surface area (Å²) < 4.78 is 6.93. The minimum Gasteiger partial charge on any atom is -0.478 e. The van der Waals surface area contributed by atoms with Crippen LogP contribution in [-0.2, 0) is 11.3 Å². The van der Waals surface area contributed by atoms with Gasteiger partial charge in [-0.05, 0) is 48.7 Å². The van der Waals surface area contributed by atoms with Crippen molar-refractivity contribution in [1.82, 2.24) is 14.5 Å². The Morgan fingerprint density at radius 3 is 2.75 bits per heavy atom. The number of carboxylic acids is 1. The van der Waals surface area contributed by atoms with Crippen LogP contribution in [0.2, 0.25) is 0 Å². The van der Waals surface area contributed by atoms with Crippen molar-refractivity contribution in [2.24, 2.45) is 20.2 Å². The molecule has 204 valence electrons. The smallest absolute Gasteiger partial charge is 0.358 e. The first-order valence-electron chi connectivity index (χ1n) is 12.6. The Labute approximate surface area is 234 Å². The Bertz CT molecular complexity index is 1720. The number of hydrogen-bond acceptors (Lipinski definition) is 9. The molecular formula is C28H26ClN7O4. The van der Waals surface area contributed by atoms with Crippen molar-refractivity contribution in [1.29, 1.82) is 0 Å². The maximum absolute atomic E-state index is 12.0. The number of aromatic nitrogens is 2. The molecule has 1 aromatic heterocycles. The van der Waals surface area contributed by atoms with E-state index in [1.165, 1.54) is 11.6 Å². The molecule has 0 radical (unpaired) electrons. The first-order valence-corrected chi connectivity index (χ1v) is 13.0. The Hall–Kier alpha value is -4.64. The molecule has 0 saturated heterocycles. The second-order valence-corrected chi connectivity index (χ2v) is 9.67. The Kier molecular flexibility index (Phi) is 7.56. The van der Waals surface area contributed by atoms with Crippen LogP contribution in [-0.4, -0.2) is 49.9 Å². The fraction of sp³-hybridized carbons (Fsp3) is 0.250. The van der Waals surface area contributed by atoms with Gasteiger partial charge in [0.05, 0.1) is 35.5 Å². The number of nitrogens with zero attached hydrogens (tertiary/aromatic N) is 7. The molecule has 0 unspecified atom stereocenters. The van der Waals surface area contributed by atoms with Gasteiger partial charge in [0.25, 0.3) is 0 Å². The molecule has 0 bridgehead atoms. The quantitative estimate of drug-likeness (QED) is 0.481. The lowest BCUT2D eigenvalue weighted by atomic mass is 10.00. The van der Waals surface area contributed by atoms with Crippen LogP contribution in [0, 0.1) is 0 Å². The van der Waals surface area contributed by atoms with Gasteiger partial charge in [0.1, 0.15) is 18.2 Å². The topological polar surface area (TPSA) is 134 Å². The molecule has 0 saturated carbocycles. The lowest BCUT2D eigenvalue weighted by Gasteiger charge is -2.12. The molecule has 3 aliphatic rings. The van der Waals surface area contributed by atoms with E-state index in [1.807, 2.05) is 21.6 Å². The van der Waals surface area contributed by atoms with E-state index in [4.69, 9.17) is 21.4 Å². The minimum absolute atomic E-state index is 0.218. The number of carboxylic acid groups (broad SMARTS) is 1. The predicted molar refractivity (Wildman–Crippen MR) is 148 cm³/mol. The molecule has 12 heteroatoms. The van der Waals surface area contributed by atoms with Crippen LogP contribution in [0.3, 0.4) is 0 Å². The maximum Gasteiger partial charge on any atom is 0.358 e. The number of benzene rings is 2. The average molecular weight is 560 g/mol. The van der Waals surface area contributed by atoms with E-state index in [9.17, 15) is 9.59 Å². The summed E-state index contributed by atoms with van der Waals surface area (Å²) in [5, 5.41) is 18.7. The number of ether oxygens (including phenoxy) is 1. The second kappa shape index (κ2) is 11.2. The van der Waals surface area contributed by atoms with Crippen molar-refractivity contribution in [2.45, 2.75) is 33.2 Å². The standard InChI is InChI=1S/C17H18ClN3O2.C11H8N4O2/c1-4-23-17(22)15-14-8-19-16(18)12-7-11(10(2)3)5-6-13(12)21(14)9-20-15;16-11(17)7-1-2-9-8(5-7)10-14-13-6-15(10)4-3-12-9/h5-7,9-10H,4,8H2,1-3H3;1-5H,6H2,(H,16,17). The zero-order valence-corrected chi connectivity index (χ0v) is 22.8. The van der Waals surface area contributed by atoms with Gasteiger partial charge in [0.2, 0.25) is 0 Å². The highest BCUT2D eigenvalue weighted by molar-refractivity contribution is 6.70. The molecule has 11 nitrogen and oxygen atoms in total. The molecule has 3 aromatic rings. The van der Waals surface area contributed by atoms with Crippen LogP contribution in [0.25, 0.3) is 11.5 Å². The highest BCUT2D eigenvalue weighted by Gasteiger charge is 2.24. The zero-order valence-electron chi connectivity index (χ0n) is 22.1. The summed E-state index contributed by atoms with van der Waals surface area (Å²) in [7, 11) is 0. The first-order chi connectivity index (χ1) is 19.3. The summed E-state index contributed by atoms with van der Waals surface area (Å²) >= 11 is 6.37. The van der Waals surface area contributed by atoms with Gasteiger partial charge in [0.15, 0.2) is 11.5 Å². The number of carbonyl (C=O) groups is 2. The van der Waals surface area contributed by atoms with E-state index < -0.39 is 11.9 Å². The van der Waals surface area contributed by atoms with Crippen LogP contribution >= 0.6 is 11.6 Å². The van der Waals surface area contributed by atoms with Gasteiger partial charge in [-0.15, -0.1) is 5.11 Å². The zero-order chi connectivity index (χ0) is 28.4. The molecular weight excluding hydrogens is 534 g/mol. The van der Waals surface area contributed by atoms with Crippen molar-refractivity contribution >= 4 is 34.5 Å². The van der Waals surface area contributed by atoms with E-state index in [0.29, 0.717) is 58.7 Å². The van der Waals surface area contributed by atoms with E-state index in [0.717, 1.165) is 11.3 Å². The van der Waals surface area contributed by atoms with Crippen LogP contribution in [0.5, 0.6) is 0 Å². The summed E-state index contributed by atoms with van der Waals surface area (Å²) in [6.07, 6.45) is 5.05. The SMILES string of the molecule is CCOC(=O)c1ncn2c1CN=C(Cl)c1cc(C(C)C)ccc1-2.O=C(O)c1ccc2c(c1)=C1N=NCN1C=CN=2. The summed E-state index contributed by atoms with van der Waals surface area (Å²) in [5.41, 5.74) is 4.11. The van der Waals surface area contributed by atoms with E-state index in [2.05, 4.69) is 45.1 Å². The van der Waals surface area contributed by atoms with Crippen LogP contribution in [0.4, 0.5) is 0 Å². The van der Waals surface area contributed by atoms with Crippen molar-refractivity contribution in [3.8, 4) is 5.69 Å². The Balaban J connectivity index is 0.000000168. The van der Waals surface area contributed by atoms with E-state index in [1.54, 1.807) is 37.8 Å². The molecule has 0 atom stereocenters. The number of azo groups is 1. The average Bonchev–Trinajstić information content (AvgIpc) is 3.52. The number of halogens is 1. The Morgan fingerprint density at radius 1 is 1.18 bits per heavy atom. The number of carbonyl (C=O) groups excluding carboxylic acids is 1. The Morgan fingerprint density at radius 2 is 2.00 bits per heavy atom. The lowest BCUT2D eigenvalue weighted by molar-refractivity contribution is 0.0518. The molecule has 0 aliphatic carbocycles. The van der Waals surface area contributed by atoms with Crippen LogP contribution in [0.1, 0.15) is 64.4 Å². The summed E-state index contributed by atoms with van der Waals surface area (Å²) in [6, 6.07) is 10.9. The predicted octanol–water partition coefficient (Wildman–Crippen LogP) is 3.95. The van der Waals surface area contributed by atoms with Crippen LogP contribution < -0.4 is 10.6 Å². The lowest BCUT2D eigenvalue weighted by Crippen LogP contribution is -2.30. The van der Waals surface area contributed by atoms with Gasteiger partial charge < -0.3 is 14.7 Å². The molecule has 0 fully saturated rings. The number of hydrogen-bond donors (Lipinski definition) is 1. The normalized spacial score (nSPS) is 14.5. The number of esters is 1. The van der Waals surface area contributed by atoms with Gasteiger partial charge in [-0.3, -0.25) is 14.6 Å². The fourth-order valence-corrected chi connectivity index (χ4v) is 4.60. The summed E-state index contributed by atoms with van der Waals surface area (Å²) in [5.74, 6) is -0.368. The number of imidazole rings is 1. The van der Waals surface area contributed by atoms with Gasteiger partial charge in [0, 0.05) is 23.2 Å². The molecule has 4 heterocycles. The summed E-state index contributed by atoms with van der Waals surface area (Å²) in [6.45, 7) is 7.07. The van der Waals surface area contributed by atoms with Gasteiger partial charge >= 0.3 is 11.9 Å². The third-order valence-corrected chi connectivity index (χ3v) is 6.79. The molecule has 6 rings (SSSR count).